The summed E-state index contributed by atoms with van der Waals surface area (Å²) in [6, 6.07) is 8.69. The molecular formula is C24H28ClN3O5. The van der Waals surface area contributed by atoms with Gasteiger partial charge in [-0.05, 0) is 43.4 Å². The monoisotopic (exact) mass is 473 g/mol. The standard InChI is InChI=1S/C24H28ClN3O5/c1-16-9-13-33-20(16)21(29)27-10-7-18(8-11-27)24(15-17-5-3-4-6-19(17)25)22(30)28(12-14-32-2)23(31)26-24/h3-6,9,13,18H,7-8,10-12,14-15H2,1-2H3,(H,26,31). The molecule has 2 fully saturated rings. The molecule has 4 rings (SSSR count). The Kier molecular flexibility index (Phi) is 6.76. The zero-order valence-corrected chi connectivity index (χ0v) is 19.6. The van der Waals surface area contributed by atoms with Gasteiger partial charge >= 0.3 is 6.03 Å². The number of likely N-dealkylation sites (tertiary alicyclic amines) is 1. The van der Waals surface area contributed by atoms with Crippen molar-refractivity contribution >= 4 is 29.4 Å². The van der Waals surface area contributed by atoms with Gasteiger partial charge in [-0.2, -0.15) is 0 Å². The number of aryl methyl sites for hydroxylation is 1. The summed E-state index contributed by atoms with van der Waals surface area (Å²) in [6.07, 6.45) is 2.94. The minimum Gasteiger partial charge on any atom is -0.459 e. The molecule has 2 saturated heterocycles. The fourth-order valence-electron chi connectivity index (χ4n) is 4.82. The number of methoxy groups -OCH3 is 1. The number of hydrogen-bond acceptors (Lipinski definition) is 5. The van der Waals surface area contributed by atoms with Crippen molar-refractivity contribution in [3.63, 3.8) is 0 Å². The number of benzene rings is 1. The van der Waals surface area contributed by atoms with Crippen LogP contribution in [-0.4, -0.2) is 66.5 Å². The van der Waals surface area contributed by atoms with E-state index in [0.717, 1.165) is 11.1 Å². The number of hydrogen-bond donors (Lipinski definition) is 1. The second-order valence-corrected chi connectivity index (χ2v) is 9.03. The predicted octanol–water partition coefficient (Wildman–Crippen LogP) is 3.27. The lowest BCUT2D eigenvalue weighted by Gasteiger charge is -2.41. The first-order chi connectivity index (χ1) is 15.9. The molecule has 0 radical (unpaired) electrons. The molecule has 0 saturated carbocycles. The number of furan rings is 1. The van der Waals surface area contributed by atoms with Crippen LogP contribution in [0.1, 0.15) is 34.5 Å². The van der Waals surface area contributed by atoms with Crippen LogP contribution >= 0.6 is 11.6 Å². The van der Waals surface area contributed by atoms with Crippen molar-refractivity contribution < 1.29 is 23.5 Å². The van der Waals surface area contributed by atoms with Crippen molar-refractivity contribution in [3.8, 4) is 0 Å². The summed E-state index contributed by atoms with van der Waals surface area (Å²) in [5, 5.41) is 3.55. The fraction of sp³-hybridized carbons (Fsp3) is 0.458. The van der Waals surface area contributed by atoms with Gasteiger partial charge in [0.05, 0.1) is 19.4 Å². The Morgan fingerprint density at radius 3 is 2.61 bits per heavy atom. The molecule has 4 amide bonds. The van der Waals surface area contributed by atoms with E-state index in [1.165, 1.54) is 18.3 Å². The average molecular weight is 474 g/mol. The Morgan fingerprint density at radius 2 is 1.97 bits per heavy atom. The van der Waals surface area contributed by atoms with Gasteiger partial charge in [-0.25, -0.2) is 4.79 Å². The number of ether oxygens (including phenoxy) is 1. The number of halogens is 1. The molecule has 0 spiro atoms. The van der Waals surface area contributed by atoms with Crippen molar-refractivity contribution in [3.05, 3.63) is 58.5 Å². The highest BCUT2D eigenvalue weighted by Gasteiger charge is 2.56. The number of rotatable bonds is 7. The van der Waals surface area contributed by atoms with Crippen LogP contribution in [0.2, 0.25) is 5.02 Å². The molecule has 1 unspecified atom stereocenters. The molecular weight excluding hydrogens is 446 g/mol. The summed E-state index contributed by atoms with van der Waals surface area (Å²) in [6.45, 7) is 3.21. The summed E-state index contributed by atoms with van der Waals surface area (Å²) in [4.78, 5) is 42.3. The Hall–Kier alpha value is -2.84. The maximum absolute atomic E-state index is 13.7. The zero-order valence-electron chi connectivity index (χ0n) is 18.8. The van der Waals surface area contributed by atoms with Gasteiger partial charge in [0, 0.05) is 37.2 Å². The molecule has 2 aliphatic heterocycles. The topological polar surface area (TPSA) is 92.1 Å². The number of carbonyl (C=O) groups is 3. The Bertz CT molecular complexity index is 1050. The van der Waals surface area contributed by atoms with Gasteiger partial charge in [-0.15, -0.1) is 0 Å². The molecule has 176 valence electrons. The Balaban J connectivity index is 1.58. The third-order valence-electron chi connectivity index (χ3n) is 6.68. The molecule has 1 atom stereocenters. The number of piperidine rings is 1. The summed E-state index contributed by atoms with van der Waals surface area (Å²) >= 11 is 6.42. The van der Waals surface area contributed by atoms with E-state index in [2.05, 4.69) is 5.32 Å². The first-order valence-corrected chi connectivity index (χ1v) is 11.4. The van der Waals surface area contributed by atoms with Gasteiger partial charge in [-0.3, -0.25) is 14.5 Å². The molecule has 0 aliphatic carbocycles. The third-order valence-corrected chi connectivity index (χ3v) is 7.05. The normalized spacial score (nSPS) is 21.5. The highest BCUT2D eigenvalue weighted by atomic mass is 35.5. The van der Waals surface area contributed by atoms with Gasteiger partial charge < -0.3 is 19.4 Å². The van der Waals surface area contributed by atoms with Crippen LogP contribution < -0.4 is 5.32 Å². The fourth-order valence-corrected chi connectivity index (χ4v) is 5.03. The van der Waals surface area contributed by atoms with Gasteiger partial charge in [0.25, 0.3) is 11.8 Å². The Morgan fingerprint density at radius 1 is 1.24 bits per heavy atom. The molecule has 3 heterocycles. The minimum atomic E-state index is -1.12. The van der Waals surface area contributed by atoms with Gasteiger partial charge in [-0.1, -0.05) is 29.8 Å². The van der Waals surface area contributed by atoms with E-state index in [1.54, 1.807) is 17.0 Å². The van der Waals surface area contributed by atoms with Crippen molar-refractivity contribution in [2.45, 2.75) is 31.7 Å². The zero-order chi connectivity index (χ0) is 23.6. The molecule has 1 N–H and O–H groups in total. The van der Waals surface area contributed by atoms with Crippen LogP contribution in [0.5, 0.6) is 0 Å². The lowest BCUT2D eigenvalue weighted by molar-refractivity contribution is -0.134. The van der Waals surface area contributed by atoms with Crippen molar-refractivity contribution in [2.75, 3.05) is 33.4 Å². The third kappa shape index (κ3) is 4.37. The number of urea groups is 1. The maximum Gasteiger partial charge on any atom is 0.325 e. The van der Waals surface area contributed by atoms with E-state index in [4.69, 9.17) is 20.8 Å². The van der Waals surface area contributed by atoms with Gasteiger partial charge in [0.15, 0.2) is 5.76 Å². The van der Waals surface area contributed by atoms with Crippen molar-refractivity contribution in [2.24, 2.45) is 5.92 Å². The quantitative estimate of drug-likeness (QED) is 0.623. The summed E-state index contributed by atoms with van der Waals surface area (Å²) in [7, 11) is 1.53. The van der Waals surface area contributed by atoms with Crippen LogP contribution in [0, 0.1) is 12.8 Å². The molecule has 2 aromatic rings. The summed E-state index contributed by atoms with van der Waals surface area (Å²) in [5.74, 6) is -0.231. The molecule has 9 heteroatoms. The van der Waals surface area contributed by atoms with Crippen molar-refractivity contribution in [1.82, 2.24) is 15.1 Å². The lowest BCUT2D eigenvalue weighted by atomic mass is 9.74. The summed E-state index contributed by atoms with van der Waals surface area (Å²) < 4.78 is 10.5. The Labute approximate surface area is 197 Å². The van der Waals surface area contributed by atoms with E-state index >= 15 is 0 Å². The molecule has 2 aliphatic rings. The molecule has 0 bridgehead atoms. The second kappa shape index (κ2) is 9.57. The highest BCUT2D eigenvalue weighted by Crippen LogP contribution is 2.38. The number of imide groups is 1. The van der Waals surface area contributed by atoms with E-state index in [9.17, 15) is 14.4 Å². The molecule has 33 heavy (non-hydrogen) atoms. The highest BCUT2D eigenvalue weighted by molar-refractivity contribution is 6.31. The summed E-state index contributed by atoms with van der Waals surface area (Å²) in [5.41, 5.74) is 0.474. The van der Waals surface area contributed by atoms with Crippen LogP contribution in [0.3, 0.4) is 0 Å². The molecule has 1 aromatic carbocycles. The first kappa shape index (κ1) is 23.3. The largest absolute Gasteiger partial charge is 0.459 e. The van der Waals surface area contributed by atoms with Gasteiger partial charge in [0.2, 0.25) is 0 Å². The van der Waals surface area contributed by atoms with E-state index in [0.29, 0.717) is 36.7 Å². The van der Waals surface area contributed by atoms with Crippen LogP contribution in [0.25, 0.3) is 0 Å². The minimum absolute atomic E-state index is 0.153. The molecule has 8 nitrogen and oxygen atoms in total. The smallest absolute Gasteiger partial charge is 0.325 e. The maximum atomic E-state index is 13.7. The average Bonchev–Trinajstić information content (AvgIpc) is 3.34. The first-order valence-electron chi connectivity index (χ1n) is 11.1. The van der Waals surface area contributed by atoms with Crippen LogP contribution in [0.4, 0.5) is 4.79 Å². The number of carbonyl (C=O) groups excluding carboxylic acids is 3. The van der Waals surface area contributed by atoms with E-state index in [1.807, 2.05) is 25.1 Å². The second-order valence-electron chi connectivity index (χ2n) is 8.62. The van der Waals surface area contributed by atoms with E-state index < -0.39 is 11.6 Å². The molecule has 1 aromatic heterocycles. The predicted molar refractivity (Wildman–Crippen MR) is 122 cm³/mol. The van der Waals surface area contributed by atoms with Gasteiger partial charge in [0.1, 0.15) is 5.54 Å². The lowest BCUT2D eigenvalue weighted by Crippen LogP contribution is -2.58. The number of amides is 4. The number of nitrogens with one attached hydrogen (secondary N) is 1. The van der Waals surface area contributed by atoms with Crippen molar-refractivity contribution in [1.29, 1.82) is 0 Å². The van der Waals surface area contributed by atoms with E-state index in [-0.39, 0.29) is 37.3 Å². The van der Waals surface area contributed by atoms with Crippen LogP contribution in [0.15, 0.2) is 41.0 Å². The SMILES string of the molecule is COCCN1C(=O)NC(Cc2ccccc2Cl)(C2CCN(C(=O)c3occc3C)CC2)C1=O. The number of nitrogens with zero attached hydrogens (tertiary/aromatic N) is 2. The van der Waals surface area contributed by atoms with Crippen LogP contribution in [-0.2, 0) is 16.0 Å².